The van der Waals surface area contributed by atoms with Gasteiger partial charge in [0.1, 0.15) is 5.82 Å². The monoisotopic (exact) mass is 292 g/mol. The van der Waals surface area contributed by atoms with Crippen LogP contribution in [0.2, 0.25) is 5.02 Å². The number of halogens is 2. The molecule has 3 nitrogen and oxygen atoms in total. The largest absolute Gasteiger partial charge is 0.294 e. The fourth-order valence-electron chi connectivity index (χ4n) is 1.97. The molecule has 0 aliphatic rings. The second kappa shape index (κ2) is 6.09. The smallest absolute Gasteiger partial charge is 0.169 e. The number of aromatic nitrogens is 2. The van der Waals surface area contributed by atoms with Crippen molar-refractivity contribution in [3.05, 3.63) is 57.6 Å². The quantitative estimate of drug-likeness (QED) is 0.809. The van der Waals surface area contributed by atoms with Gasteiger partial charge in [-0.3, -0.25) is 4.79 Å². The second-order valence-corrected chi connectivity index (χ2v) is 4.91. The van der Waals surface area contributed by atoms with E-state index in [1.54, 1.807) is 19.1 Å². The molecule has 0 fully saturated rings. The van der Waals surface area contributed by atoms with Gasteiger partial charge >= 0.3 is 0 Å². The van der Waals surface area contributed by atoms with Crippen molar-refractivity contribution in [2.75, 3.05) is 0 Å². The van der Waals surface area contributed by atoms with Gasteiger partial charge in [0, 0.05) is 22.6 Å². The number of hydrogen-bond acceptors (Lipinski definition) is 3. The molecule has 20 heavy (non-hydrogen) atoms. The van der Waals surface area contributed by atoms with E-state index in [9.17, 15) is 9.18 Å². The Morgan fingerprint density at radius 2 is 2.10 bits per heavy atom. The third-order valence-corrected chi connectivity index (χ3v) is 3.38. The van der Waals surface area contributed by atoms with E-state index < -0.39 is 5.82 Å². The van der Waals surface area contributed by atoms with Gasteiger partial charge in [-0.2, -0.15) is 10.2 Å². The maximum absolute atomic E-state index is 13.7. The Bertz CT molecular complexity index is 638. The van der Waals surface area contributed by atoms with Crippen LogP contribution in [0, 0.1) is 12.7 Å². The van der Waals surface area contributed by atoms with Gasteiger partial charge in [0.15, 0.2) is 5.78 Å². The Hall–Kier alpha value is -1.81. The van der Waals surface area contributed by atoms with Gasteiger partial charge in [0.2, 0.25) is 0 Å². The highest BCUT2D eigenvalue weighted by Gasteiger charge is 2.17. The van der Waals surface area contributed by atoms with Gasteiger partial charge in [-0.1, -0.05) is 24.6 Å². The average Bonchev–Trinajstić information content (AvgIpc) is 2.43. The second-order valence-electron chi connectivity index (χ2n) is 4.50. The first-order valence-electron chi connectivity index (χ1n) is 6.32. The molecule has 0 spiro atoms. The number of ketones is 1. The average molecular weight is 293 g/mol. The molecule has 1 heterocycles. The minimum atomic E-state index is -0.470. The predicted octanol–water partition coefficient (Wildman–Crippen LogP) is 3.57. The molecule has 5 heteroatoms. The van der Waals surface area contributed by atoms with Crippen molar-refractivity contribution in [3.8, 4) is 0 Å². The Labute approximate surface area is 121 Å². The molecule has 2 aromatic rings. The topological polar surface area (TPSA) is 42.9 Å². The van der Waals surface area contributed by atoms with Gasteiger partial charge in [0.05, 0.1) is 11.4 Å². The molecule has 0 saturated carbocycles. The standard InChI is InChI=1S/C15H14ClFN2O/c1-3-14-11(7-9(2)18-19-14)15(20)8-10-12(16)5-4-6-13(10)17/h4-7H,3,8H2,1-2H3. The maximum Gasteiger partial charge on any atom is 0.169 e. The molecule has 0 saturated heterocycles. The Morgan fingerprint density at radius 1 is 1.35 bits per heavy atom. The molecule has 104 valence electrons. The molecule has 0 unspecified atom stereocenters. The molecule has 0 aliphatic carbocycles. The number of hydrogen-bond donors (Lipinski definition) is 0. The van der Waals surface area contributed by atoms with Crippen LogP contribution in [-0.4, -0.2) is 16.0 Å². The van der Waals surface area contributed by atoms with Gasteiger partial charge in [-0.25, -0.2) is 4.39 Å². The molecule has 0 aliphatic heterocycles. The SMILES string of the molecule is CCc1nnc(C)cc1C(=O)Cc1c(F)cccc1Cl. The lowest BCUT2D eigenvalue weighted by molar-refractivity contribution is 0.0990. The highest BCUT2D eigenvalue weighted by molar-refractivity contribution is 6.31. The summed E-state index contributed by atoms with van der Waals surface area (Å²) in [5.74, 6) is -0.672. The molecule has 0 radical (unpaired) electrons. The van der Waals surface area contributed by atoms with E-state index in [-0.39, 0.29) is 22.8 Å². The number of nitrogens with zero attached hydrogens (tertiary/aromatic N) is 2. The van der Waals surface area contributed by atoms with E-state index >= 15 is 0 Å². The summed E-state index contributed by atoms with van der Waals surface area (Å²) in [7, 11) is 0. The molecule has 2 rings (SSSR count). The Morgan fingerprint density at radius 3 is 2.75 bits per heavy atom. The van der Waals surface area contributed by atoms with Gasteiger partial charge < -0.3 is 0 Å². The summed E-state index contributed by atoms with van der Waals surface area (Å²) >= 11 is 5.95. The van der Waals surface area contributed by atoms with Crippen molar-refractivity contribution in [1.29, 1.82) is 0 Å². The van der Waals surface area contributed by atoms with E-state index in [0.29, 0.717) is 23.4 Å². The number of carbonyl (C=O) groups is 1. The van der Waals surface area contributed by atoms with Crippen LogP contribution in [0.4, 0.5) is 4.39 Å². The summed E-state index contributed by atoms with van der Waals surface area (Å²) in [5, 5.41) is 8.20. The number of carbonyl (C=O) groups excluding carboxylic acids is 1. The molecule has 0 bridgehead atoms. The van der Waals surface area contributed by atoms with Crippen LogP contribution in [0.1, 0.15) is 34.2 Å². The van der Waals surface area contributed by atoms with Crippen LogP contribution in [0.15, 0.2) is 24.3 Å². The van der Waals surface area contributed by atoms with Gasteiger partial charge in [0.25, 0.3) is 0 Å². The Balaban J connectivity index is 2.35. The summed E-state index contributed by atoms with van der Waals surface area (Å²) in [4.78, 5) is 12.4. The maximum atomic E-state index is 13.7. The molecular formula is C15H14ClFN2O. The zero-order chi connectivity index (χ0) is 14.7. The fraction of sp³-hybridized carbons (Fsp3) is 0.267. The summed E-state index contributed by atoms with van der Waals surface area (Å²) in [6.07, 6.45) is 0.517. The Kier molecular flexibility index (Phi) is 4.45. The molecule has 0 atom stereocenters. The van der Waals surface area contributed by atoms with Crippen molar-refractivity contribution in [2.24, 2.45) is 0 Å². The predicted molar refractivity (Wildman–Crippen MR) is 75.6 cm³/mol. The fourth-order valence-corrected chi connectivity index (χ4v) is 2.20. The molecule has 1 aromatic heterocycles. The first kappa shape index (κ1) is 14.6. The number of rotatable bonds is 4. The van der Waals surface area contributed by atoms with E-state index in [2.05, 4.69) is 10.2 Å². The van der Waals surface area contributed by atoms with Crippen LogP contribution in [-0.2, 0) is 12.8 Å². The first-order chi connectivity index (χ1) is 9.52. The number of benzene rings is 1. The zero-order valence-corrected chi connectivity index (χ0v) is 12.0. The lowest BCUT2D eigenvalue weighted by atomic mass is 10.0. The third kappa shape index (κ3) is 3.02. The molecular weight excluding hydrogens is 279 g/mol. The van der Waals surface area contributed by atoms with Crippen LogP contribution in [0.25, 0.3) is 0 Å². The summed E-state index contributed by atoms with van der Waals surface area (Å²) in [6.45, 7) is 3.66. The van der Waals surface area contributed by atoms with E-state index in [1.807, 2.05) is 6.92 Å². The normalized spacial score (nSPS) is 10.6. The van der Waals surface area contributed by atoms with Crippen molar-refractivity contribution in [2.45, 2.75) is 26.7 Å². The lowest BCUT2D eigenvalue weighted by Crippen LogP contribution is -2.11. The molecule has 0 N–H and O–H groups in total. The molecule has 1 aromatic carbocycles. The zero-order valence-electron chi connectivity index (χ0n) is 11.3. The van der Waals surface area contributed by atoms with Crippen LogP contribution in [0.3, 0.4) is 0 Å². The van der Waals surface area contributed by atoms with Crippen molar-refractivity contribution in [3.63, 3.8) is 0 Å². The van der Waals surface area contributed by atoms with E-state index in [1.165, 1.54) is 12.1 Å². The van der Waals surface area contributed by atoms with Crippen molar-refractivity contribution >= 4 is 17.4 Å². The van der Waals surface area contributed by atoms with Crippen LogP contribution < -0.4 is 0 Å². The van der Waals surface area contributed by atoms with E-state index in [0.717, 1.165) is 0 Å². The highest BCUT2D eigenvalue weighted by Crippen LogP contribution is 2.21. The van der Waals surface area contributed by atoms with Crippen LogP contribution >= 0.6 is 11.6 Å². The first-order valence-corrected chi connectivity index (χ1v) is 6.70. The summed E-state index contributed by atoms with van der Waals surface area (Å²) in [5.41, 5.74) is 1.98. The summed E-state index contributed by atoms with van der Waals surface area (Å²) < 4.78 is 13.7. The molecule has 0 amide bonds. The van der Waals surface area contributed by atoms with E-state index in [4.69, 9.17) is 11.6 Å². The van der Waals surface area contributed by atoms with Gasteiger partial charge in [-0.05, 0) is 31.5 Å². The van der Waals surface area contributed by atoms with Crippen molar-refractivity contribution in [1.82, 2.24) is 10.2 Å². The van der Waals surface area contributed by atoms with Gasteiger partial charge in [-0.15, -0.1) is 0 Å². The third-order valence-electron chi connectivity index (χ3n) is 3.03. The summed E-state index contributed by atoms with van der Waals surface area (Å²) in [6, 6.07) is 6.07. The minimum absolute atomic E-state index is 0.0797. The number of aryl methyl sites for hydroxylation is 2. The van der Waals surface area contributed by atoms with Crippen LogP contribution in [0.5, 0.6) is 0 Å². The minimum Gasteiger partial charge on any atom is -0.294 e. The van der Waals surface area contributed by atoms with Crippen molar-refractivity contribution < 1.29 is 9.18 Å². The highest BCUT2D eigenvalue weighted by atomic mass is 35.5. The number of Topliss-reactive ketones (excluding diaryl/α,β-unsaturated/α-hetero) is 1. The lowest BCUT2D eigenvalue weighted by Gasteiger charge is -2.08.